The zero-order valence-electron chi connectivity index (χ0n) is 11.8. The number of nitrogens with zero attached hydrogens (tertiary/aromatic N) is 1. The maximum Gasteiger partial charge on any atom is 0.224 e. The van der Waals surface area contributed by atoms with Crippen molar-refractivity contribution in [2.45, 2.75) is 27.2 Å². The number of aromatic nitrogens is 2. The van der Waals surface area contributed by atoms with E-state index < -0.39 is 0 Å². The first kappa shape index (κ1) is 14.6. The van der Waals surface area contributed by atoms with E-state index in [9.17, 15) is 4.79 Å². The first-order valence-electron chi connectivity index (χ1n) is 6.58. The van der Waals surface area contributed by atoms with Crippen LogP contribution in [-0.2, 0) is 4.79 Å². The number of carbonyl (C=O) groups is 1. The SMILES string of the molecule is Cc1[nH]nc(-c2cccc(Cl)c2)c1NC(=O)CC(C)C. The molecular formula is C15H18ClN3O. The summed E-state index contributed by atoms with van der Waals surface area (Å²) in [6.07, 6.45) is 0.486. The van der Waals surface area contributed by atoms with Crippen molar-refractivity contribution < 1.29 is 4.79 Å². The Morgan fingerprint density at radius 2 is 2.20 bits per heavy atom. The molecule has 1 aromatic heterocycles. The highest BCUT2D eigenvalue weighted by molar-refractivity contribution is 6.30. The summed E-state index contributed by atoms with van der Waals surface area (Å²) in [5.74, 6) is 0.310. The fourth-order valence-electron chi connectivity index (χ4n) is 1.99. The van der Waals surface area contributed by atoms with Crippen LogP contribution in [0.5, 0.6) is 0 Å². The standard InChI is InChI=1S/C15H18ClN3O/c1-9(2)7-13(20)17-14-10(3)18-19-15(14)11-5-4-6-12(16)8-11/h4-6,8-9H,7H2,1-3H3,(H,17,20)(H,18,19). The number of rotatable bonds is 4. The molecule has 0 saturated heterocycles. The van der Waals surface area contributed by atoms with Crippen LogP contribution in [0.4, 0.5) is 5.69 Å². The molecular weight excluding hydrogens is 274 g/mol. The van der Waals surface area contributed by atoms with Crippen LogP contribution in [0.2, 0.25) is 5.02 Å². The average molecular weight is 292 g/mol. The normalized spacial score (nSPS) is 10.8. The fourth-order valence-corrected chi connectivity index (χ4v) is 2.18. The molecule has 4 nitrogen and oxygen atoms in total. The lowest BCUT2D eigenvalue weighted by Gasteiger charge is -2.08. The molecule has 0 aliphatic rings. The fraction of sp³-hybridized carbons (Fsp3) is 0.333. The number of halogens is 1. The number of hydrogen-bond donors (Lipinski definition) is 2. The number of aromatic amines is 1. The molecule has 0 bridgehead atoms. The van der Waals surface area contributed by atoms with Gasteiger partial charge in [-0.1, -0.05) is 37.6 Å². The summed E-state index contributed by atoms with van der Waals surface area (Å²) in [5, 5.41) is 10.7. The molecule has 0 spiro atoms. The molecule has 2 rings (SSSR count). The van der Waals surface area contributed by atoms with E-state index in [0.29, 0.717) is 23.1 Å². The van der Waals surface area contributed by atoms with E-state index >= 15 is 0 Å². The van der Waals surface area contributed by atoms with Gasteiger partial charge in [0.25, 0.3) is 0 Å². The second kappa shape index (κ2) is 6.09. The molecule has 1 aromatic carbocycles. The van der Waals surface area contributed by atoms with Crippen molar-refractivity contribution >= 4 is 23.2 Å². The number of nitrogens with one attached hydrogen (secondary N) is 2. The van der Waals surface area contributed by atoms with E-state index in [2.05, 4.69) is 15.5 Å². The maximum absolute atomic E-state index is 11.9. The Balaban J connectivity index is 2.30. The Morgan fingerprint density at radius 3 is 2.85 bits per heavy atom. The van der Waals surface area contributed by atoms with Crippen molar-refractivity contribution in [2.75, 3.05) is 5.32 Å². The molecule has 2 N–H and O–H groups in total. The Kier molecular flexibility index (Phi) is 4.45. The van der Waals surface area contributed by atoms with Crippen LogP contribution >= 0.6 is 11.6 Å². The van der Waals surface area contributed by atoms with E-state index in [1.807, 2.05) is 45.0 Å². The predicted octanol–water partition coefficient (Wildman–Crippen LogP) is 4.02. The average Bonchev–Trinajstić information content (AvgIpc) is 2.70. The molecule has 5 heteroatoms. The van der Waals surface area contributed by atoms with Crippen molar-refractivity contribution in [3.8, 4) is 11.3 Å². The Bertz CT molecular complexity index is 619. The van der Waals surface area contributed by atoms with E-state index in [1.54, 1.807) is 0 Å². The number of H-pyrrole nitrogens is 1. The highest BCUT2D eigenvalue weighted by Crippen LogP contribution is 2.30. The number of anilines is 1. The second-order valence-electron chi connectivity index (χ2n) is 5.23. The van der Waals surface area contributed by atoms with Crippen LogP contribution in [0.1, 0.15) is 26.0 Å². The van der Waals surface area contributed by atoms with Gasteiger partial charge in [-0.25, -0.2) is 0 Å². The summed E-state index contributed by atoms with van der Waals surface area (Å²) >= 11 is 6.00. The minimum absolute atomic E-state index is 0.00669. The quantitative estimate of drug-likeness (QED) is 0.894. The minimum atomic E-state index is -0.00669. The molecule has 0 saturated carbocycles. The number of aryl methyl sites for hydroxylation is 1. The van der Waals surface area contributed by atoms with Gasteiger partial charge in [0.15, 0.2) is 0 Å². The minimum Gasteiger partial charge on any atom is -0.323 e. The van der Waals surface area contributed by atoms with Crippen molar-refractivity contribution in [1.29, 1.82) is 0 Å². The maximum atomic E-state index is 11.9. The lowest BCUT2D eigenvalue weighted by molar-refractivity contribution is -0.116. The smallest absolute Gasteiger partial charge is 0.224 e. The largest absolute Gasteiger partial charge is 0.323 e. The molecule has 1 amide bonds. The molecule has 0 aliphatic carbocycles. The van der Waals surface area contributed by atoms with Gasteiger partial charge in [0.05, 0.1) is 11.4 Å². The van der Waals surface area contributed by atoms with Gasteiger partial charge in [-0.3, -0.25) is 9.89 Å². The van der Waals surface area contributed by atoms with Gasteiger partial charge in [0, 0.05) is 17.0 Å². The monoisotopic (exact) mass is 291 g/mol. The van der Waals surface area contributed by atoms with Gasteiger partial charge in [0.1, 0.15) is 5.69 Å². The summed E-state index contributed by atoms with van der Waals surface area (Å²) in [6.45, 7) is 5.91. The van der Waals surface area contributed by atoms with E-state index in [-0.39, 0.29) is 5.91 Å². The van der Waals surface area contributed by atoms with Crippen LogP contribution < -0.4 is 5.32 Å². The predicted molar refractivity (Wildman–Crippen MR) is 81.9 cm³/mol. The summed E-state index contributed by atoms with van der Waals surface area (Å²) in [7, 11) is 0. The summed E-state index contributed by atoms with van der Waals surface area (Å²) < 4.78 is 0. The van der Waals surface area contributed by atoms with Crippen LogP contribution in [0.25, 0.3) is 11.3 Å². The van der Waals surface area contributed by atoms with E-state index in [0.717, 1.165) is 16.9 Å². The topological polar surface area (TPSA) is 57.8 Å². The summed E-state index contributed by atoms with van der Waals surface area (Å²) in [6, 6.07) is 7.41. The lowest BCUT2D eigenvalue weighted by atomic mass is 10.1. The third kappa shape index (κ3) is 3.39. The third-order valence-corrected chi connectivity index (χ3v) is 3.14. The highest BCUT2D eigenvalue weighted by atomic mass is 35.5. The van der Waals surface area contributed by atoms with Crippen molar-refractivity contribution in [2.24, 2.45) is 5.92 Å². The van der Waals surface area contributed by atoms with Crippen molar-refractivity contribution in [3.05, 3.63) is 35.0 Å². The van der Waals surface area contributed by atoms with Crippen LogP contribution in [-0.4, -0.2) is 16.1 Å². The van der Waals surface area contributed by atoms with E-state index in [4.69, 9.17) is 11.6 Å². The number of hydrogen-bond acceptors (Lipinski definition) is 2. The molecule has 0 unspecified atom stereocenters. The number of carbonyl (C=O) groups excluding carboxylic acids is 1. The number of benzene rings is 1. The van der Waals surface area contributed by atoms with Gasteiger partial charge < -0.3 is 5.32 Å². The second-order valence-corrected chi connectivity index (χ2v) is 5.67. The van der Waals surface area contributed by atoms with Gasteiger partial charge in [-0.15, -0.1) is 0 Å². The molecule has 0 radical (unpaired) electrons. The van der Waals surface area contributed by atoms with E-state index in [1.165, 1.54) is 0 Å². The van der Waals surface area contributed by atoms with Gasteiger partial charge in [-0.2, -0.15) is 5.10 Å². The first-order valence-corrected chi connectivity index (χ1v) is 6.96. The number of amides is 1. The Labute approximate surface area is 123 Å². The molecule has 0 fully saturated rings. The highest BCUT2D eigenvalue weighted by Gasteiger charge is 2.15. The molecule has 2 aromatic rings. The first-order chi connectivity index (χ1) is 9.47. The molecule has 20 heavy (non-hydrogen) atoms. The molecule has 1 heterocycles. The van der Waals surface area contributed by atoms with Crippen LogP contribution in [0.15, 0.2) is 24.3 Å². The lowest BCUT2D eigenvalue weighted by Crippen LogP contribution is -2.14. The van der Waals surface area contributed by atoms with Crippen LogP contribution in [0.3, 0.4) is 0 Å². The van der Waals surface area contributed by atoms with Gasteiger partial charge in [-0.05, 0) is 25.0 Å². The molecule has 0 atom stereocenters. The molecule has 0 aliphatic heterocycles. The van der Waals surface area contributed by atoms with Gasteiger partial charge in [0.2, 0.25) is 5.91 Å². The van der Waals surface area contributed by atoms with Crippen molar-refractivity contribution in [3.63, 3.8) is 0 Å². The Morgan fingerprint density at radius 1 is 1.45 bits per heavy atom. The molecule has 106 valence electrons. The van der Waals surface area contributed by atoms with Crippen molar-refractivity contribution in [1.82, 2.24) is 10.2 Å². The third-order valence-electron chi connectivity index (χ3n) is 2.90. The summed E-state index contributed by atoms with van der Waals surface area (Å²) in [4.78, 5) is 11.9. The Hall–Kier alpha value is -1.81. The van der Waals surface area contributed by atoms with Crippen LogP contribution in [0, 0.1) is 12.8 Å². The van der Waals surface area contributed by atoms with Gasteiger partial charge >= 0.3 is 0 Å². The zero-order valence-corrected chi connectivity index (χ0v) is 12.6. The zero-order chi connectivity index (χ0) is 14.7. The summed E-state index contributed by atoms with van der Waals surface area (Å²) in [5.41, 5.74) is 3.14.